The van der Waals surface area contributed by atoms with E-state index in [-0.39, 0.29) is 31.4 Å². The number of urea groups is 1. The Hall–Kier alpha value is -4.06. The van der Waals surface area contributed by atoms with E-state index in [1.165, 1.54) is 23.3 Å². The van der Waals surface area contributed by atoms with Crippen LogP contribution in [0.25, 0.3) is 10.2 Å². The lowest BCUT2D eigenvalue weighted by molar-refractivity contribution is -0.131. The van der Waals surface area contributed by atoms with Gasteiger partial charge < -0.3 is 25.0 Å². The van der Waals surface area contributed by atoms with Crippen molar-refractivity contribution in [3.63, 3.8) is 0 Å². The van der Waals surface area contributed by atoms with Crippen LogP contribution in [0.4, 0.5) is 26.2 Å². The minimum atomic E-state index is -1.18. The summed E-state index contributed by atoms with van der Waals surface area (Å²) < 4.78 is 25.7. The quantitative estimate of drug-likeness (QED) is 0.264. The van der Waals surface area contributed by atoms with Gasteiger partial charge in [-0.05, 0) is 48.9 Å². The molecule has 2 aliphatic rings. The second kappa shape index (κ2) is 11.4. The molecule has 0 saturated carbocycles. The molecule has 0 aliphatic carbocycles. The number of pyridine rings is 1. The number of hydrogen-bond donors (Lipinski definition) is 2. The van der Waals surface area contributed by atoms with Gasteiger partial charge in [0.05, 0.1) is 48.1 Å². The maximum atomic E-state index is 14.8. The highest BCUT2D eigenvalue weighted by atomic mass is 32.1. The molecule has 9 nitrogen and oxygen atoms in total. The van der Waals surface area contributed by atoms with Crippen LogP contribution >= 0.6 is 11.3 Å². The van der Waals surface area contributed by atoms with Gasteiger partial charge in [-0.3, -0.25) is 9.69 Å². The van der Waals surface area contributed by atoms with Gasteiger partial charge in [0.1, 0.15) is 22.5 Å². The summed E-state index contributed by atoms with van der Waals surface area (Å²) in [6.45, 7) is 2.94. The predicted molar refractivity (Wildman–Crippen MR) is 157 cm³/mol. The van der Waals surface area contributed by atoms with Crippen molar-refractivity contribution in [1.82, 2.24) is 15.2 Å². The number of ether oxygens (including phenoxy) is 2. The number of para-hydroxylation sites is 1. The van der Waals surface area contributed by atoms with Crippen LogP contribution in [0.1, 0.15) is 16.9 Å². The van der Waals surface area contributed by atoms with Crippen LogP contribution in [-0.2, 0) is 16.1 Å². The zero-order valence-electron chi connectivity index (χ0n) is 22.7. The number of nitrogens with one attached hydrogen (secondary N) is 2. The van der Waals surface area contributed by atoms with Gasteiger partial charge >= 0.3 is 6.03 Å². The Morgan fingerprint density at radius 2 is 1.98 bits per heavy atom. The van der Waals surface area contributed by atoms with Crippen molar-refractivity contribution >= 4 is 50.6 Å². The van der Waals surface area contributed by atoms with Crippen molar-refractivity contribution in [1.29, 1.82) is 0 Å². The van der Waals surface area contributed by atoms with Gasteiger partial charge in [-0.2, -0.15) is 0 Å². The van der Waals surface area contributed by atoms with Crippen LogP contribution in [0.15, 0.2) is 60.8 Å². The second-order valence-corrected chi connectivity index (χ2v) is 11.2. The molecule has 0 spiro atoms. The Morgan fingerprint density at radius 3 is 2.76 bits per heavy atom. The van der Waals surface area contributed by atoms with E-state index in [0.29, 0.717) is 24.6 Å². The zero-order chi connectivity index (χ0) is 28.5. The van der Waals surface area contributed by atoms with Gasteiger partial charge in [-0.25, -0.2) is 14.2 Å². The summed E-state index contributed by atoms with van der Waals surface area (Å²) in [7, 11) is 1.54. The number of nitrogens with zero attached hydrogens (tertiary/aromatic N) is 3. The highest BCUT2D eigenvalue weighted by molar-refractivity contribution is 7.19. The standard InChI is InChI=1S/C30H30FN5O4S/c1-18-14-20(40-19-6-4-3-5-7-19)8-9-23(18)36-24-10-12-32-29-27(24)28(34-30(36)38)25(41-29)15-33-22-17-35(16-21(22)31)26(37)11-13-39-2/h3-10,12,14,21-22,33H,11,13,15-17H2,1-2H3,(H,34,38)/t21-,22+/m1/s1. The SMILES string of the molecule is COCCC(=O)N1C[C@@H](F)[C@@H](NCc2sc3nccc4c3c2NC(=O)N4c2ccc(Oc3ccccc3)cc2C)C1. The first-order valence-electron chi connectivity index (χ1n) is 13.4. The van der Waals surface area contributed by atoms with Crippen molar-refractivity contribution < 1.29 is 23.5 Å². The fourth-order valence-electron chi connectivity index (χ4n) is 5.31. The molecule has 2 N–H and O–H groups in total. The minimum absolute atomic E-state index is 0.0609. The molecule has 41 heavy (non-hydrogen) atoms. The van der Waals surface area contributed by atoms with E-state index >= 15 is 0 Å². The van der Waals surface area contributed by atoms with Crippen LogP contribution in [0.3, 0.4) is 0 Å². The Morgan fingerprint density at radius 1 is 1.15 bits per heavy atom. The van der Waals surface area contributed by atoms with Crippen LogP contribution in [0.2, 0.25) is 0 Å². The second-order valence-electron chi connectivity index (χ2n) is 10.1. The monoisotopic (exact) mass is 575 g/mol. The van der Waals surface area contributed by atoms with E-state index in [0.717, 1.165) is 37.8 Å². The van der Waals surface area contributed by atoms with Gasteiger partial charge in [0.15, 0.2) is 0 Å². The number of anilines is 3. The zero-order valence-corrected chi connectivity index (χ0v) is 23.5. The minimum Gasteiger partial charge on any atom is -0.457 e. The Labute approximate surface area is 240 Å². The molecule has 2 aromatic carbocycles. The molecule has 1 fully saturated rings. The molecule has 0 bridgehead atoms. The van der Waals surface area contributed by atoms with E-state index in [2.05, 4.69) is 15.6 Å². The number of amides is 3. The Kier molecular flexibility index (Phi) is 7.57. The van der Waals surface area contributed by atoms with Gasteiger partial charge in [0.25, 0.3) is 0 Å². The van der Waals surface area contributed by atoms with Crippen molar-refractivity contribution in [2.24, 2.45) is 0 Å². The highest BCUT2D eigenvalue weighted by Crippen LogP contribution is 2.46. The summed E-state index contributed by atoms with van der Waals surface area (Å²) in [6, 6.07) is 16.2. The lowest BCUT2D eigenvalue weighted by Crippen LogP contribution is -2.38. The third kappa shape index (κ3) is 5.35. The first-order valence-corrected chi connectivity index (χ1v) is 14.2. The Balaban J connectivity index is 1.22. The van der Waals surface area contributed by atoms with Crippen molar-refractivity contribution in [3.05, 3.63) is 71.2 Å². The smallest absolute Gasteiger partial charge is 0.331 e. The molecule has 0 unspecified atom stereocenters. The van der Waals surface area contributed by atoms with Crippen molar-refractivity contribution in [3.8, 4) is 11.5 Å². The van der Waals surface area contributed by atoms with Gasteiger partial charge in [0.2, 0.25) is 5.91 Å². The van der Waals surface area contributed by atoms with Gasteiger partial charge in [-0.1, -0.05) is 18.2 Å². The number of thiophene rings is 1. The summed E-state index contributed by atoms with van der Waals surface area (Å²) in [5.41, 5.74) is 3.02. The lowest BCUT2D eigenvalue weighted by atomic mass is 10.1. The average Bonchev–Trinajstić information content (AvgIpc) is 3.52. The number of hydrogen-bond acceptors (Lipinski definition) is 7. The van der Waals surface area contributed by atoms with Crippen LogP contribution < -0.4 is 20.3 Å². The number of aromatic nitrogens is 1. The third-order valence-electron chi connectivity index (χ3n) is 7.35. The summed E-state index contributed by atoms with van der Waals surface area (Å²) >= 11 is 1.46. The molecule has 0 radical (unpaired) electrons. The molecule has 6 rings (SSSR count). The first kappa shape index (κ1) is 27.1. The molecule has 4 heterocycles. The number of aryl methyl sites for hydroxylation is 1. The normalized spacial score (nSPS) is 18.2. The van der Waals surface area contributed by atoms with E-state index in [9.17, 15) is 14.0 Å². The van der Waals surface area contributed by atoms with Crippen LogP contribution in [0, 0.1) is 6.92 Å². The first-order chi connectivity index (χ1) is 19.9. The molecule has 4 aromatic rings. The molecule has 3 amide bonds. The fraction of sp³-hybridized carbons (Fsp3) is 0.300. The summed E-state index contributed by atoms with van der Waals surface area (Å²) in [6.07, 6.45) is 0.749. The van der Waals surface area contributed by atoms with E-state index in [4.69, 9.17) is 9.47 Å². The number of carbonyl (C=O) groups is 2. The Bertz CT molecular complexity index is 1600. The van der Waals surface area contributed by atoms with Crippen LogP contribution in [-0.4, -0.2) is 60.8 Å². The summed E-state index contributed by atoms with van der Waals surface area (Å²) in [4.78, 5) is 35.2. The van der Waals surface area contributed by atoms with E-state index in [1.54, 1.807) is 11.1 Å². The third-order valence-corrected chi connectivity index (χ3v) is 8.45. The average molecular weight is 576 g/mol. The van der Waals surface area contributed by atoms with Crippen molar-refractivity contribution in [2.45, 2.75) is 32.1 Å². The number of likely N-dealkylation sites (tertiary alicyclic amines) is 1. The maximum absolute atomic E-state index is 14.8. The number of alkyl halides is 1. The molecular weight excluding hydrogens is 545 g/mol. The molecule has 11 heteroatoms. The van der Waals surface area contributed by atoms with E-state index in [1.807, 2.05) is 61.5 Å². The number of methoxy groups -OCH3 is 1. The largest absolute Gasteiger partial charge is 0.457 e. The molecule has 2 atom stereocenters. The molecule has 212 valence electrons. The highest BCUT2D eigenvalue weighted by Gasteiger charge is 2.36. The fourth-order valence-corrected chi connectivity index (χ4v) is 6.37. The number of benzene rings is 2. The van der Waals surface area contributed by atoms with E-state index < -0.39 is 12.2 Å². The number of rotatable bonds is 9. The van der Waals surface area contributed by atoms with Crippen molar-refractivity contribution in [2.75, 3.05) is 37.0 Å². The number of halogens is 1. The summed E-state index contributed by atoms with van der Waals surface area (Å²) in [5, 5.41) is 7.16. The summed E-state index contributed by atoms with van der Waals surface area (Å²) in [5.74, 6) is 1.29. The predicted octanol–water partition coefficient (Wildman–Crippen LogP) is 5.76. The van der Waals surface area contributed by atoms with Gasteiger partial charge in [0, 0.05) is 31.3 Å². The molecular formula is C30H30FN5O4S. The molecule has 1 saturated heterocycles. The molecule has 2 aromatic heterocycles. The topological polar surface area (TPSA) is 96.0 Å². The number of carbonyl (C=O) groups excluding carboxylic acids is 2. The van der Waals surface area contributed by atoms with Crippen LogP contribution in [0.5, 0.6) is 11.5 Å². The maximum Gasteiger partial charge on any atom is 0.331 e. The van der Waals surface area contributed by atoms with Gasteiger partial charge in [-0.15, -0.1) is 11.3 Å². The molecule has 2 aliphatic heterocycles. The lowest BCUT2D eigenvalue weighted by Gasteiger charge is -2.30.